The lowest BCUT2D eigenvalue weighted by atomic mass is 10.1. The van der Waals surface area contributed by atoms with Crippen molar-refractivity contribution in [1.82, 2.24) is 0 Å². The summed E-state index contributed by atoms with van der Waals surface area (Å²) in [4.78, 5) is 0. The predicted octanol–water partition coefficient (Wildman–Crippen LogP) is 3.98. The third kappa shape index (κ3) is 4.88. The van der Waals surface area contributed by atoms with Gasteiger partial charge < -0.3 is 14.8 Å². The first kappa shape index (κ1) is 15.5. The molecule has 0 aliphatic heterocycles. The van der Waals surface area contributed by atoms with Crippen molar-refractivity contribution in [2.45, 2.75) is 26.7 Å². The zero-order valence-electron chi connectivity index (χ0n) is 12.8. The van der Waals surface area contributed by atoms with Gasteiger partial charge >= 0.3 is 0 Å². The van der Waals surface area contributed by atoms with E-state index in [0.717, 1.165) is 18.8 Å². The Kier molecular flexibility index (Phi) is 6.25. The Labute approximate surface area is 126 Å². The van der Waals surface area contributed by atoms with Crippen molar-refractivity contribution < 1.29 is 9.47 Å². The summed E-state index contributed by atoms with van der Waals surface area (Å²) < 4.78 is 10.6. The minimum absolute atomic E-state index is 0.645. The Morgan fingerprint density at radius 1 is 0.905 bits per heavy atom. The van der Waals surface area contributed by atoms with Crippen LogP contribution in [0.15, 0.2) is 48.5 Å². The average molecular weight is 285 g/mol. The Balaban J connectivity index is 1.96. The average Bonchev–Trinajstić information content (AvgIpc) is 2.53. The molecule has 3 nitrogen and oxygen atoms in total. The molecule has 0 saturated heterocycles. The summed E-state index contributed by atoms with van der Waals surface area (Å²) in [7, 11) is 1.71. The van der Waals surface area contributed by atoms with E-state index in [0.29, 0.717) is 13.2 Å². The molecule has 0 saturated carbocycles. The van der Waals surface area contributed by atoms with E-state index in [2.05, 4.69) is 41.7 Å². The summed E-state index contributed by atoms with van der Waals surface area (Å²) in [5, 5.41) is 3.48. The van der Waals surface area contributed by atoms with Gasteiger partial charge in [-0.05, 0) is 24.1 Å². The SMILES string of the molecule is CCOCc1ccccc1NCc1ccc(COC)cc1. The quantitative estimate of drug-likeness (QED) is 0.795. The molecule has 21 heavy (non-hydrogen) atoms. The van der Waals surface area contributed by atoms with Crippen LogP contribution < -0.4 is 5.32 Å². The lowest BCUT2D eigenvalue weighted by molar-refractivity contribution is 0.134. The van der Waals surface area contributed by atoms with Crippen molar-refractivity contribution in [1.29, 1.82) is 0 Å². The summed E-state index contributed by atoms with van der Waals surface area (Å²) in [6.07, 6.45) is 0. The van der Waals surface area contributed by atoms with E-state index in [-0.39, 0.29) is 0 Å². The van der Waals surface area contributed by atoms with E-state index >= 15 is 0 Å². The van der Waals surface area contributed by atoms with Crippen molar-refractivity contribution in [3.63, 3.8) is 0 Å². The number of ether oxygens (including phenoxy) is 2. The molecule has 0 unspecified atom stereocenters. The molecule has 2 aromatic carbocycles. The molecular formula is C18H23NO2. The van der Waals surface area contributed by atoms with Crippen LogP contribution in [0.5, 0.6) is 0 Å². The van der Waals surface area contributed by atoms with E-state index in [1.54, 1.807) is 7.11 Å². The van der Waals surface area contributed by atoms with E-state index in [1.165, 1.54) is 16.7 Å². The summed E-state index contributed by atoms with van der Waals surface area (Å²) in [6.45, 7) is 4.85. The van der Waals surface area contributed by atoms with Crippen LogP contribution >= 0.6 is 0 Å². The van der Waals surface area contributed by atoms with Gasteiger partial charge in [-0.15, -0.1) is 0 Å². The molecule has 0 aromatic heterocycles. The fourth-order valence-corrected chi connectivity index (χ4v) is 2.15. The second-order valence-electron chi connectivity index (χ2n) is 4.90. The first-order valence-corrected chi connectivity index (χ1v) is 7.29. The van der Waals surface area contributed by atoms with E-state index in [1.807, 2.05) is 19.1 Å². The molecular weight excluding hydrogens is 262 g/mol. The predicted molar refractivity (Wildman–Crippen MR) is 86.3 cm³/mol. The second-order valence-corrected chi connectivity index (χ2v) is 4.90. The van der Waals surface area contributed by atoms with E-state index < -0.39 is 0 Å². The lowest BCUT2D eigenvalue weighted by Gasteiger charge is -2.12. The Morgan fingerprint density at radius 2 is 1.62 bits per heavy atom. The van der Waals surface area contributed by atoms with Crippen LogP contribution in [0.1, 0.15) is 23.6 Å². The van der Waals surface area contributed by atoms with Gasteiger partial charge in [0.05, 0.1) is 13.2 Å². The molecule has 112 valence electrons. The Hall–Kier alpha value is -1.84. The standard InChI is InChI=1S/C18H23NO2/c1-3-21-14-17-6-4-5-7-18(17)19-12-15-8-10-16(11-9-15)13-20-2/h4-11,19H,3,12-14H2,1-2H3. The molecule has 0 bridgehead atoms. The van der Waals surface area contributed by atoms with Gasteiger partial charge in [0.2, 0.25) is 0 Å². The van der Waals surface area contributed by atoms with Gasteiger partial charge in [0.1, 0.15) is 0 Å². The number of nitrogens with one attached hydrogen (secondary N) is 1. The number of methoxy groups -OCH3 is 1. The maximum Gasteiger partial charge on any atom is 0.0736 e. The molecule has 2 aromatic rings. The molecule has 3 heteroatoms. The first-order chi connectivity index (χ1) is 10.3. The minimum atomic E-state index is 0.645. The van der Waals surface area contributed by atoms with E-state index in [4.69, 9.17) is 9.47 Å². The van der Waals surface area contributed by atoms with Crippen LogP contribution in [-0.2, 0) is 29.2 Å². The number of hydrogen-bond donors (Lipinski definition) is 1. The topological polar surface area (TPSA) is 30.5 Å². The van der Waals surface area contributed by atoms with Gasteiger partial charge in [-0.25, -0.2) is 0 Å². The number of anilines is 1. The molecule has 2 rings (SSSR count). The third-order valence-corrected chi connectivity index (χ3v) is 3.30. The fraction of sp³-hybridized carbons (Fsp3) is 0.333. The van der Waals surface area contributed by atoms with Gasteiger partial charge in [-0.1, -0.05) is 42.5 Å². The molecule has 0 amide bonds. The summed E-state index contributed by atoms with van der Waals surface area (Å²) >= 11 is 0. The molecule has 0 spiro atoms. The summed E-state index contributed by atoms with van der Waals surface area (Å²) in [5.41, 5.74) is 4.77. The van der Waals surface area contributed by atoms with E-state index in [9.17, 15) is 0 Å². The van der Waals surface area contributed by atoms with Crippen molar-refractivity contribution >= 4 is 5.69 Å². The van der Waals surface area contributed by atoms with Crippen LogP contribution in [0.25, 0.3) is 0 Å². The zero-order valence-corrected chi connectivity index (χ0v) is 12.8. The second kappa shape index (κ2) is 8.45. The minimum Gasteiger partial charge on any atom is -0.381 e. The van der Waals surface area contributed by atoms with Crippen LogP contribution in [0.4, 0.5) is 5.69 Å². The maximum atomic E-state index is 5.50. The van der Waals surface area contributed by atoms with Gasteiger partial charge in [0.15, 0.2) is 0 Å². The van der Waals surface area contributed by atoms with Crippen molar-refractivity contribution in [3.8, 4) is 0 Å². The summed E-state index contributed by atoms with van der Waals surface area (Å²) in [6, 6.07) is 16.7. The van der Waals surface area contributed by atoms with Crippen LogP contribution in [-0.4, -0.2) is 13.7 Å². The monoisotopic (exact) mass is 285 g/mol. The molecule has 0 fully saturated rings. The largest absolute Gasteiger partial charge is 0.381 e. The highest BCUT2D eigenvalue weighted by atomic mass is 16.5. The van der Waals surface area contributed by atoms with Crippen molar-refractivity contribution in [3.05, 3.63) is 65.2 Å². The molecule has 0 atom stereocenters. The molecule has 0 radical (unpaired) electrons. The van der Waals surface area contributed by atoms with Gasteiger partial charge in [0, 0.05) is 31.5 Å². The van der Waals surface area contributed by atoms with Crippen molar-refractivity contribution in [2.24, 2.45) is 0 Å². The van der Waals surface area contributed by atoms with Crippen LogP contribution in [0.3, 0.4) is 0 Å². The van der Waals surface area contributed by atoms with Gasteiger partial charge in [-0.2, -0.15) is 0 Å². The molecule has 0 aliphatic rings. The Bertz CT molecular complexity index is 537. The van der Waals surface area contributed by atoms with Crippen LogP contribution in [0, 0.1) is 0 Å². The molecule has 0 aliphatic carbocycles. The summed E-state index contributed by atoms with van der Waals surface area (Å²) in [5.74, 6) is 0. The number of hydrogen-bond acceptors (Lipinski definition) is 3. The Morgan fingerprint density at radius 3 is 2.33 bits per heavy atom. The normalized spacial score (nSPS) is 10.6. The van der Waals surface area contributed by atoms with Crippen molar-refractivity contribution in [2.75, 3.05) is 19.0 Å². The molecule has 0 heterocycles. The van der Waals surface area contributed by atoms with Gasteiger partial charge in [-0.3, -0.25) is 0 Å². The highest BCUT2D eigenvalue weighted by Gasteiger charge is 2.01. The van der Waals surface area contributed by atoms with Gasteiger partial charge in [0.25, 0.3) is 0 Å². The molecule has 1 N–H and O–H groups in total. The maximum absolute atomic E-state index is 5.50. The fourth-order valence-electron chi connectivity index (χ4n) is 2.15. The highest BCUT2D eigenvalue weighted by molar-refractivity contribution is 5.51. The number of rotatable bonds is 8. The number of para-hydroxylation sites is 1. The number of benzene rings is 2. The van der Waals surface area contributed by atoms with Crippen LogP contribution in [0.2, 0.25) is 0 Å². The highest BCUT2D eigenvalue weighted by Crippen LogP contribution is 2.17. The third-order valence-electron chi connectivity index (χ3n) is 3.30. The smallest absolute Gasteiger partial charge is 0.0736 e. The first-order valence-electron chi connectivity index (χ1n) is 7.29. The lowest BCUT2D eigenvalue weighted by Crippen LogP contribution is -2.03. The zero-order chi connectivity index (χ0) is 14.9.